The summed E-state index contributed by atoms with van der Waals surface area (Å²) in [5, 5.41) is 11.6. The SMILES string of the molecule is O=C(NCc1cccc(C#CCCO)c1)C1CCCO1. The Balaban J connectivity index is 1.88. The van der Waals surface area contributed by atoms with Crippen molar-refractivity contribution < 1.29 is 14.6 Å². The van der Waals surface area contributed by atoms with Crippen molar-refractivity contribution in [3.63, 3.8) is 0 Å². The van der Waals surface area contributed by atoms with E-state index in [-0.39, 0.29) is 18.6 Å². The van der Waals surface area contributed by atoms with Gasteiger partial charge in [0.1, 0.15) is 6.10 Å². The van der Waals surface area contributed by atoms with Gasteiger partial charge in [0.15, 0.2) is 0 Å². The molecule has 1 aromatic carbocycles. The smallest absolute Gasteiger partial charge is 0.249 e. The summed E-state index contributed by atoms with van der Waals surface area (Å²) in [6, 6.07) is 7.72. The van der Waals surface area contributed by atoms with Crippen molar-refractivity contribution in [1.29, 1.82) is 0 Å². The number of ether oxygens (including phenoxy) is 1. The predicted octanol–water partition coefficient (Wildman–Crippen LogP) is 1.22. The third-order valence-corrected chi connectivity index (χ3v) is 3.09. The second-order valence-corrected chi connectivity index (χ2v) is 4.70. The molecule has 1 aliphatic rings. The molecular formula is C16H19NO3. The van der Waals surface area contributed by atoms with Crippen LogP contribution in [0.4, 0.5) is 0 Å². The summed E-state index contributed by atoms with van der Waals surface area (Å²) in [6.45, 7) is 1.23. The lowest BCUT2D eigenvalue weighted by atomic mass is 10.1. The molecule has 0 bridgehead atoms. The minimum absolute atomic E-state index is 0.0423. The van der Waals surface area contributed by atoms with E-state index in [1.807, 2.05) is 24.3 Å². The average molecular weight is 273 g/mol. The Kier molecular flexibility index (Phi) is 5.60. The molecule has 1 fully saturated rings. The van der Waals surface area contributed by atoms with E-state index >= 15 is 0 Å². The average Bonchev–Trinajstić information content (AvgIpc) is 3.00. The molecule has 1 saturated heterocycles. The van der Waals surface area contributed by atoms with E-state index < -0.39 is 0 Å². The zero-order valence-electron chi connectivity index (χ0n) is 11.4. The number of amides is 1. The van der Waals surface area contributed by atoms with Gasteiger partial charge in [0.05, 0.1) is 6.61 Å². The lowest BCUT2D eigenvalue weighted by molar-refractivity contribution is -0.130. The molecule has 0 radical (unpaired) electrons. The van der Waals surface area contributed by atoms with Crippen LogP contribution in [0.25, 0.3) is 0 Å². The van der Waals surface area contributed by atoms with Crippen LogP contribution in [-0.2, 0) is 16.1 Å². The number of aliphatic hydroxyl groups is 1. The highest BCUT2D eigenvalue weighted by Crippen LogP contribution is 2.12. The maximum atomic E-state index is 11.8. The minimum atomic E-state index is -0.289. The van der Waals surface area contributed by atoms with E-state index in [0.717, 1.165) is 24.0 Å². The second kappa shape index (κ2) is 7.68. The van der Waals surface area contributed by atoms with Crippen LogP contribution in [-0.4, -0.2) is 30.3 Å². The van der Waals surface area contributed by atoms with Gasteiger partial charge in [-0.3, -0.25) is 4.79 Å². The normalized spacial score (nSPS) is 17.4. The van der Waals surface area contributed by atoms with Crippen LogP contribution in [0.15, 0.2) is 24.3 Å². The molecule has 4 heteroatoms. The van der Waals surface area contributed by atoms with Crippen LogP contribution in [0, 0.1) is 11.8 Å². The van der Waals surface area contributed by atoms with Crippen molar-refractivity contribution >= 4 is 5.91 Å². The zero-order valence-corrected chi connectivity index (χ0v) is 11.4. The highest BCUT2D eigenvalue weighted by atomic mass is 16.5. The monoisotopic (exact) mass is 273 g/mol. The van der Waals surface area contributed by atoms with Gasteiger partial charge in [-0.1, -0.05) is 24.0 Å². The molecule has 20 heavy (non-hydrogen) atoms. The first-order valence-electron chi connectivity index (χ1n) is 6.87. The maximum absolute atomic E-state index is 11.8. The Labute approximate surface area is 119 Å². The van der Waals surface area contributed by atoms with E-state index in [9.17, 15) is 4.79 Å². The van der Waals surface area contributed by atoms with Gasteiger partial charge in [-0.05, 0) is 30.5 Å². The number of hydrogen-bond donors (Lipinski definition) is 2. The molecule has 1 heterocycles. The number of carbonyl (C=O) groups is 1. The Morgan fingerprint density at radius 3 is 3.15 bits per heavy atom. The van der Waals surface area contributed by atoms with Crippen molar-refractivity contribution in [3.05, 3.63) is 35.4 Å². The number of nitrogens with one attached hydrogen (secondary N) is 1. The van der Waals surface area contributed by atoms with Crippen LogP contribution in [0.2, 0.25) is 0 Å². The van der Waals surface area contributed by atoms with Crippen molar-refractivity contribution in [2.24, 2.45) is 0 Å². The van der Waals surface area contributed by atoms with Crippen molar-refractivity contribution in [3.8, 4) is 11.8 Å². The standard InChI is InChI=1S/C16H19NO3/c18-9-2-1-5-13-6-3-7-14(11-13)12-17-16(19)15-8-4-10-20-15/h3,6-7,11,15,18H,2,4,8-10,12H2,(H,17,19). The van der Waals surface area contributed by atoms with E-state index in [2.05, 4.69) is 17.2 Å². The summed E-state index contributed by atoms with van der Waals surface area (Å²) in [6.07, 6.45) is 1.94. The summed E-state index contributed by atoms with van der Waals surface area (Å²) in [5.74, 6) is 5.82. The summed E-state index contributed by atoms with van der Waals surface area (Å²) < 4.78 is 5.33. The Morgan fingerprint density at radius 1 is 1.50 bits per heavy atom. The fraction of sp³-hybridized carbons (Fsp3) is 0.438. The van der Waals surface area contributed by atoms with Gasteiger partial charge >= 0.3 is 0 Å². The van der Waals surface area contributed by atoms with Gasteiger partial charge in [-0.25, -0.2) is 0 Å². The highest BCUT2D eigenvalue weighted by molar-refractivity contribution is 5.80. The summed E-state index contributed by atoms with van der Waals surface area (Å²) >= 11 is 0. The molecule has 1 aromatic rings. The zero-order chi connectivity index (χ0) is 14.2. The van der Waals surface area contributed by atoms with Crippen LogP contribution in [0.1, 0.15) is 30.4 Å². The fourth-order valence-corrected chi connectivity index (χ4v) is 2.07. The van der Waals surface area contributed by atoms with Crippen molar-refractivity contribution in [2.45, 2.75) is 31.9 Å². The molecule has 0 saturated carbocycles. The van der Waals surface area contributed by atoms with Gasteiger partial charge < -0.3 is 15.2 Å². The van der Waals surface area contributed by atoms with Gasteiger partial charge in [-0.2, -0.15) is 0 Å². The van der Waals surface area contributed by atoms with Crippen LogP contribution >= 0.6 is 0 Å². The lowest BCUT2D eigenvalue weighted by Gasteiger charge is -2.10. The van der Waals surface area contributed by atoms with Gasteiger partial charge in [0.2, 0.25) is 5.91 Å². The molecule has 2 N–H and O–H groups in total. The number of benzene rings is 1. The first kappa shape index (κ1) is 14.6. The van der Waals surface area contributed by atoms with Crippen LogP contribution in [0.3, 0.4) is 0 Å². The van der Waals surface area contributed by atoms with E-state index in [1.165, 1.54) is 0 Å². The molecule has 0 spiro atoms. The second-order valence-electron chi connectivity index (χ2n) is 4.70. The molecule has 0 aromatic heterocycles. The molecule has 4 nitrogen and oxygen atoms in total. The Hall–Kier alpha value is -1.83. The first-order chi connectivity index (χ1) is 9.79. The molecule has 1 amide bonds. The molecule has 1 unspecified atom stereocenters. The van der Waals surface area contributed by atoms with Crippen molar-refractivity contribution in [2.75, 3.05) is 13.2 Å². The number of aliphatic hydroxyl groups excluding tert-OH is 1. The van der Waals surface area contributed by atoms with Crippen molar-refractivity contribution in [1.82, 2.24) is 5.32 Å². The molecule has 0 aliphatic carbocycles. The largest absolute Gasteiger partial charge is 0.395 e. The third kappa shape index (κ3) is 4.37. The Morgan fingerprint density at radius 2 is 2.40 bits per heavy atom. The first-order valence-corrected chi connectivity index (χ1v) is 6.87. The number of carbonyl (C=O) groups excluding carboxylic acids is 1. The topological polar surface area (TPSA) is 58.6 Å². The van der Waals surface area contributed by atoms with E-state index in [0.29, 0.717) is 19.6 Å². The maximum Gasteiger partial charge on any atom is 0.249 e. The minimum Gasteiger partial charge on any atom is -0.395 e. The predicted molar refractivity (Wildman–Crippen MR) is 75.8 cm³/mol. The molecule has 1 aliphatic heterocycles. The third-order valence-electron chi connectivity index (χ3n) is 3.09. The quantitative estimate of drug-likeness (QED) is 0.811. The number of hydrogen-bond acceptors (Lipinski definition) is 3. The van der Waals surface area contributed by atoms with Gasteiger partial charge in [0.25, 0.3) is 0 Å². The summed E-state index contributed by atoms with van der Waals surface area (Å²) in [7, 11) is 0. The fourth-order valence-electron chi connectivity index (χ4n) is 2.07. The summed E-state index contributed by atoms with van der Waals surface area (Å²) in [5.41, 5.74) is 1.90. The van der Waals surface area contributed by atoms with E-state index in [1.54, 1.807) is 0 Å². The van der Waals surface area contributed by atoms with Gasteiger partial charge in [-0.15, -0.1) is 0 Å². The summed E-state index contributed by atoms with van der Waals surface area (Å²) in [4.78, 5) is 11.8. The lowest BCUT2D eigenvalue weighted by Crippen LogP contribution is -2.33. The Bertz CT molecular complexity index is 510. The highest BCUT2D eigenvalue weighted by Gasteiger charge is 2.22. The molecular weight excluding hydrogens is 254 g/mol. The molecule has 1 atom stereocenters. The molecule has 106 valence electrons. The van der Waals surface area contributed by atoms with E-state index in [4.69, 9.17) is 9.84 Å². The van der Waals surface area contributed by atoms with Crippen LogP contribution in [0.5, 0.6) is 0 Å². The number of rotatable bonds is 4. The molecule has 2 rings (SSSR count). The van der Waals surface area contributed by atoms with Crippen LogP contribution < -0.4 is 5.32 Å². The van der Waals surface area contributed by atoms with Gasteiger partial charge in [0, 0.05) is 25.1 Å².